The third kappa shape index (κ3) is 2.18. The fourth-order valence-corrected chi connectivity index (χ4v) is 8.10. The van der Waals surface area contributed by atoms with Crippen LogP contribution in [-0.4, -0.2) is 10.7 Å². The molecule has 0 bridgehead atoms. The standard InChI is InChI=1S/C30H38O2/c1-17-8-9-22(27(4)13-11-20-16-29(20,27)6)26(31)25(17)21-15-23-24(14-18(21)2)32-30(7)19(3)10-12-28(23,30)5/h8-9,14-15,19-20,31H,10-13,16H2,1-7H3. The van der Waals surface area contributed by atoms with E-state index in [0.717, 1.165) is 34.8 Å². The van der Waals surface area contributed by atoms with Crippen molar-refractivity contribution in [1.29, 1.82) is 0 Å². The average molecular weight is 431 g/mol. The van der Waals surface area contributed by atoms with Crippen molar-refractivity contribution < 1.29 is 9.84 Å². The molecule has 0 amide bonds. The van der Waals surface area contributed by atoms with Gasteiger partial charge >= 0.3 is 0 Å². The molecule has 2 aromatic rings. The summed E-state index contributed by atoms with van der Waals surface area (Å²) in [7, 11) is 0. The topological polar surface area (TPSA) is 29.5 Å². The second-order valence-electron chi connectivity index (χ2n) is 12.5. The van der Waals surface area contributed by atoms with Crippen LogP contribution in [0, 0.1) is 31.1 Å². The zero-order valence-electron chi connectivity index (χ0n) is 20.9. The third-order valence-corrected chi connectivity index (χ3v) is 11.3. The molecule has 4 aliphatic rings. The summed E-state index contributed by atoms with van der Waals surface area (Å²) >= 11 is 0. The lowest BCUT2D eigenvalue weighted by atomic mass is 9.69. The molecule has 3 aliphatic carbocycles. The number of phenols is 1. The average Bonchev–Trinajstić information content (AvgIpc) is 3.19. The van der Waals surface area contributed by atoms with Gasteiger partial charge in [-0.3, -0.25) is 0 Å². The van der Waals surface area contributed by atoms with Gasteiger partial charge in [0.2, 0.25) is 0 Å². The normalized spacial score (nSPS) is 41.2. The molecule has 0 saturated heterocycles. The first-order chi connectivity index (χ1) is 15.0. The van der Waals surface area contributed by atoms with E-state index in [1.165, 1.54) is 42.4 Å². The molecule has 6 unspecified atom stereocenters. The Morgan fingerprint density at radius 2 is 1.62 bits per heavy atom. The smallest absolute Gasteiger partial charge is 0.127 e. The number of hydrogen-bond donors (Lipinski definition) is 1. The van der Waals surface area contributed by atoms with Crippen molar-refractivity contribution >= 4 is 0 Å². The number of hydrogen-bond acceptors (Lipinski definition) is 2. The van der Waals surface area contributed by atoms with Gasteiger partial charge in [-0.25, -0.2) is 0 Å². The van der Waals surface area contributed by atoms with E-state index in [4.69, 9.17) is 4.74 Å². The van der Waals surface area contributed by atoms with Crippen LogP contribution in [0.2, 0.25) is 0 Å². The van der Waals surface area contributed by atoms with E-state index < -0.39 is 0 Å². The largest absolute Gasteiger partial charge is 0.507 e. The van der Waals surface area contributed by atoms with E-state index in [1.54, 1.807) is 0 Å². The summed E-state index contributed by atoms with van der Waals surface area (Å²) in [5.74, 6) is 2.93. The molecular formula is C30H38O2. The van der Waals surface area contributed by atoms with E-state index >= 15 is 0 Å². The van der Waals surface area contributed by atoms with E-state index in [0.29, 0.717) is 17.1 Å². The number of phenolic OH excluding ortho intramolecular Hbond substituents is 1. The molecule has 1 aliphatic heterocycles. The van der Waals surface area contributed by atoms with Crippen molar-refractivity contribution in [2.45, 2.75) is 97.0 Å². The van der Waals surface area contributed by atoms with E-state index in [2.05, 4.69) is 72.7 Å². The van der Waals surface area contributed by atoms with Gasteiger partial charge in [0.1, 0.15) is 17.1 Å². The number of ether oxygens (including phenoxy) is 1. The van der Waals surface area contributed by atoms with Gasteiger partial charge in [0.25, 0.3) is 0 Å². The maximum absolute atomic E-state index is 11.8. The second-order valence-corrected chi connectivity index (χ2v) is 12.5. The molecule has 3 saturated carbocycles. The highest BCUT2D eigenvalue weighted by Gasteiger charge is 2.66. The predicted octanol–water partition coefficient (Wildman–Crippen LogP) is 7.59. The van der Waals surface area contributed by atoms with Crippen LogP contribution in [-0.2, 0) is 10.8 Å². The van der Waals surface area contributed by atoms with E-state index in [9.17, 15) is 5.11 Å². The van der Waals surface area contributed by atoms with Gasteiger partial charge in [-0.05, 0) is 98.9 Å². The summed E-state index contributed by atoms with van der Waals surface area (Å²) in [5, 5.41) is 11.8. The zero-order chi connectivity index (χ0) is 22.8. The number of benzene rings is 2. The molecular weight excluding hydrogens is 392 g/mol. The van der Waals surface area contributed by atoms with Crippen molar-refractivity contribution in [3.8, 4) is 22.6 Å². The Balaban J connectivity index is 1.53. The summed E-state index contributed by atoms with van der Waals surface area (Å²) in [6, 6.07) is 9.04. The van der Waals surface area contributed by atoms with Crippen molar-refractivity contribution in [2.24, 2.45) is 17.3 Å². The van der Waals surface area contributed by atoms with Gasteiger partial charge in [-0.1, -0.05) is 39.8 Å². The molecule has 32 heavy (non-hydrogen) atoms. The minimum Gasteiger partial charge on any atom is -0.507 e. The van der Waals surface area contributed by atoms with Gasteiger partial charge in [0.05, 0.1) is 0 Å². The van der Waals surface area contributed by atoms with Gasteiger partial charge in [0.15, 0.2) is 0 Å². The van der Waals surface area contributed by atoms with Crippen molar-refractivity contribution in [3.05, 3.63) is 46.5 Å². The zero-order valence-corrected chi connectivity index (χ0v) is 20.9. The van der Waals surface area contributed by atoms with E-state index in [-0.39, 0.29) is 16.4 Å². The summed E-state index contributed by atoms with van der Waals surface area (Å²) in [5.41, 5.74) is 7.30. The minimum absolute atomic E-state index is 0.0253. The minimum atomic E-state index is -0.147. The van der Waals surface area contributed by atoms with Crippen LogP contribution in [0.1, 0.15) is 89.0 Å². The van der Waals surface area contributed by atoms with Gasteiger partial charge in [-0.2, -0.15) is 0 Å². The molecule has 2 nitrogen and oxygen atoms in total. The van der Waals surface area contributed by atoms with Crippen LogP contribution >= 0.6 is 0 Å². The third-order valence-electron chi connectivity index (χ3n) is 11.3. The summed E-state index contributed by atoms with van der Waals surface area (Å²) in [6.45, 7) is 16.2. The van der Waals surface area contributed by atoms with Crippen LogP contribution in [0.3, 0.4) is 0 Å². The Bertz CT molecular complexity index is 1160. The van der Waals surface area contributed by atoms with Crippen LogP contribution < -0.4 is 4.74 Å². The molecule has 2 heteroatoms. The van der Waals surface area contributed by atoms with Gasteiger partial charge in [-0.15, -0.1) is 0 Å². The van der Waals surface area contributed by atoms with Crippen LogP contribution in [0.5, 0.6) is 11.5 Å². The SMILES string of the molecule is Cc1cc2c(cc1-c1c(C)ccc(C3(C)CCC4CC43C)c1O)C1(C)CCC(C)C1(C)O2. The fraction of sp³-hybridized carbons (Fsp3) is 0.600. The lowest BCUT2D eigenvalue weighted by molar-refractivity contribution is 0.0306. The summed E-state index contributed by atoms with van der Waals surface area (Å²) in [6.07, 6.45) is 6.13. The van der Waals surface area contributed by atoms with Crippen LogP contribution in [0.4, 0.5) is 0 Å². The quantitative estimate of drug-likeness (QED) is 0.532. The Kier molecular flexibility index (Phi) is 3.82. The van der Waals surface area contributed by atoms with Crippen LogP contribution in [0.15, 0.2) is 24.3 Å². The van der Waals surface area contributed by atoms with Gasteiger partial charge in [0, 0.05) is 27.5 Å². The molecule has 0 aromatic heterocycles. The van der Waals surface area contributed by atoms with Crippen molar-refractivity contribution in [3.63, 3.8) is 0 Å². The number of rotatable bonds is 2. The number of aromatic hydroxyl groups is 1. The second kappa shape index (κ2) is 5.93. The maximum Gasteiger partial charge on any atom is 0.127 e. The first-order valence-electron chi connectivity index (χ1n) is 12.6. The first kappa shape index (κ1) is 20.6. The van der Waals surface area contributed by atoms with Crippen LogP contribution in [0.25, 0.3) is 11.1 Å². The molecule has 0 radical (unpaired) electrons. The highest BCUT2D eigenvalue weighted by atomic mass is 16.5. The molecule has 6 atom stereocenters. The highest BCUT2D eigenvalue weighted by Crippen LogP contribution is 2.73. The summed E-state index contributed by atoms with van der Waals surface area (Å²) in [4.78, 5) is 0. The lowest BCUT2D eigenvalue weighted by Gasteiger charge is -2.36. The van der Waals surface area contributed by atoms with Crippen molar-refractivity contribution in [1.82, 2.24) is 0 Å². The molecule has 6 rings (SSSR count). The number of fused-ring (bicyclic) bond motifs is 4. The van der Waals surface area contributed by atoms with Crippen molar-refractivity contribution in [2.75, 3.05) is 0 Å². The highest BCUT2D eigenvalue weighted by molar-refractivity contribution is 5.80. The molecule has 1 heterocycles. The Labute approximate surface area is 193 Å². The number of aryl methyl sites for hydroxylation is 2. The molecule has 170 valence electrons. The fourth-order valence-electron chi connectivity index (χ4n) is 8.10. The predicted molar refractivity (Wildman–Crippen MR) is 131 cm³/mol. The van der Waals surface area contributed by atoms with E-state index in [1.807, 2.05) is 0 Å². The summed E-state index contributed by atoms with van der Waals surface area (Å²) < 4.78 is 6.66. The molecule has 3 fully saturated rings. The Morgan fingerprint density at radius 3 is 2.28 bits per heavy atom. The van der Waals surface area contributed by atoms with Gasteiger partial charge < -0.3 is 9.84 Å². The molecule has 0 spiro atoms. The maximum atomic E-state index is 11.8. The monoisotopic (exact) mass is 430 g/mol. The first-order valence-corrected chi connectivity index (χ1v) is 12.6. The Hall–Kier alpha value is -1.96. The molecule has 1 N–H and O–H groups in total. The molecule has 2 aromatic carbocycles. The lowest BCUT2D eigenvalue weighted by Crippen LogP contribution is -2.46. The Morgan fingerprint density at radius 1 is 0.906 bits per heavy atom.